The third-order valence-electron chi connectivity index (χ3n) is 4.24. The first-order valence-electron chi connectivity index (χ1n) is 8.69. The highest BCUT2D eigenvalue weighted by Gasteiger charge is 2.21. The lowest BCUT2D eigenvalue weighted by atomic mass is 10.0. The maximum atomic E-state index is 12.1. The first-order valence-corrected chi connectivity index (χ1v) is 9.49. The number of esters is 1. The van der Waals surface area contributed by atoms with Crippen molar-refractivity contribution in [3.63, 3.8) is 0 Å². The number of hydrogen-bond acceptors (Lipinski definition) is 5. The lowest BCUT2D eigenvalue weighted by molar-refractivity contribution is -0.145. The highest BCUT2D eigenvalue weighted by Crippen LogP contribution is 2.23. The zero-order chi connectivity index (χ0) is 19.1. The third-order valence-corrected chi connectivity index (χ3v) is 4.77. The fraction of sp³-hybridized carbons (Fsp3) is 0.238. The van der Waals surface area contributed by atoms with Gasteiger partial charge in [-0.3, -0.25) is 4.79 Å². The summed E-state index contributed by atoms with van der Waals surface area (Å²) in [5.41, 5.74) is 2.83. The van der Waals surface area contributed by atoms with Gasteiger partial charge in [0.2, 0.25) is 0 Å². The molecule has 1 unspecified atom stereocenters. The van der Waals surface area contributed by atoms with Crippen molar-refractivity contribution < 1.29 is 14.1 Å². The highest BCUT2D eigenvalue weighted by atomic mass is 79.9. The molecule has 0 aliphatic carbocycles. The number of benzene rings is 2. The van der Waals surface area contributed by atoms with Crippen LogP contribution in [0.1, 0.15) is 11.3 Å². The van der Waals surface area contributed by atoms with Crippen LogP contribution in [0.5, 0.6) is 0 Å². The number of ether oxygens (including phenoxy) is 1. The Hall–Kier alpha value is -2.44. The molecule has 0 aliphatic rings. The molecule has 1 atom stereocenters. The Morgan fingerprint density at radius 3 is 2.63 bits per heavy atom. The summed E-state index contributed by atoms with van der Waals surface area (Å²) < 4.78 is 11.4. The van der Waals surface area contributed by atoms with E-state index in [9.17, 15) is 4.79 Å². The topological polar surface area (TPSA) is 64.4 Å². The number of aromatic nitrogens is 1. The zero-order valence-electron chi connectivity index (χ0n) is 15.0. The normalized spacial score (nSPS) is 11.9. The SMILES string of the molecule is COC(=O)C(CNCc1ccccc1)Cc1cc(-c2ccc(Br)cc2)on1. The maximum Gasteiger partial charge on any atom is 0.310 e. The van der Waals surface area contributed by atoms with Crippen LogP contribution in [-0.4, -0.2) is 24.8 Å². The molecule has 0 saturated carbocycles. The van der Waals surface area contributed by atoms with E-state index in [2.05, 4.69) is 26.4 Å². The van der Waals surface area contributed by atoms with Gasteiger partial charge in [-0.25, -0.2) is 0 Å². The second-order valence-electron chi connectivity index (χ2n) is 6.23. The Morgan fingerprint density at radius 2 is 1.93 bits per heavy atom. The van der Waals surface area contributed by atoms with Gasteiger partial charge < -0.3 is 14.6 Å². The van der Waals surface area contributed by atoms with Gasteiger partial charge in [-0.2, -0.15) is 0 Å². The van der Waals surface area contributed by atoms with E-state index in [0.717, 1.165) is 15.7 Å². The summed E-state index contributed by atoms with van der Waals surface area (Å²) in [5, 5.41) is 7.43. The molecular weight excluding hydrogens is 408 g/mol. The number of methoxy groups -OCH3 is 1. The van der Waals surface area contributed by atoms with Crippen LogP contribution in [0.25, 0.3) is 11.3 Å². The zero-order valence-corrected chi connectivity index (χ0v) is 16.6. The molecule has 0 fully saturated rings. The third kappa shape index (κ3) is 5.52. The largest absolute Gasteiger partial charge is 0.469 e. The lowest BCUT2D eigenvalue weighted by Gasteiger charge is -2.14. The summed E-state index contributed by atoms with van der Waals surface area (Å²) >= 11 is 3.42. The molecule has 0 spiro atoms. The summed E-state index contributed by atoms with van der Waals surface area (Å²) in [7, 11) is 1.41. The van der Waals surface area contributed by atoms with Gasteiger partial charge in [-0.05, 0) is 17.7 Å². The maximum absolute atomic E-state index is 12.1. The van der Waals surface area contributed by atoms with Crippen molar-refractivity contribution in [1.29, 1.82) is 0 Å². The van der Waals surface area contributed by atoms with E-state index in [-0.39, 0.29) is 11.9 Å². The molecule has 5 nitrogen and oxygen atoms in total. The number of carbonyl (C=O) groups excluding carboxylic acids is 1. The minimum absolute atomic E-state index is 0.260. The van der Waals surface area contributed by atoms with Gasteiger partial charge >= 0.3 is 5.97 Å². The quantitative estimate of drug-likeness (QED) is 0.543. The molecule has 6 heteroatoms. The van der Waals surface area contributed by atoms with Crippen molar-refractivity contribution in [2.75, 3.05) is 13.7 Å². The van der Waals surface area contributed by atoms with Crippen molar-refractivity contribution in [3.05, 3.63) is 76.4 Å². The van der Waals surface area contributed by atoms with Crippen LogP contribution in [0.4, 0.5) is 0 Å². The average Bonchev–Trinajstić information content (AvgIpc) is 3.16. The van der Waals surface area contributed by atoms with E-state index >= 15 is 0 Å². The van der Waals surface area contributed by atoms with Crippen LogP contribution in [0.3, 0.4) is 0 Å². The van der Waals surface area contributed by atoms with Crippen LogP contribution >= 0.6 is 15.9 Å². The van der Waals surface area contributed by atoms with E-state index in [4.69, 9.17) is 9.26 Å². The minimum Gasteiger partial charge on any atom is -0.469 e. The van der Waals surface area contributed by atoms with E-state index in [1.807, 2.05) is 60.7 Å². The molecule has 0 saturated heterocycles. The predicted octanol–water partition coefficient (Wildman–Crippen LogP) is 4.23. The van der Waals surface area contributed by atoms with Gasteiger partial charge in [0.05, 0.1) is 18.7 Å². The van der Waals surface area contributed by atoms with Crippen molar-refractivity contribution in [2.45, 2.75) is 13.0 Å². The number of halogens is 1. The minimum atomic E-state index is -0.332. The summed E-state index contributed by atoms with van der Waals surface area (Å²) in [5.74, 6) is 0.0868. The van der Waals surface area contributed by atoms with Crippen molar-refractivity contribution >= 4 is 21.9 Å². The number of rotatable bonds is 8. The summed E-state index contributed by atoms with van der Waals surface area (Å²) in [4.78, 5) is 12.1. The molecule has 0 radical (unpaired) electrons. The number of nitrogens with one attached hydrogen (secondary N) is 1. The van der Waals surface area contributed by atoms with Crippen LogP contribution in [0.15, 0.2) is 69.7 Å². The Morgan fingerprint density at radius 1 is 1.19 bits per heavy atom. The summed E-state index contributed by atoms with van der Waals surface area (Å²) in [6.07, 6.45) is 0.453. The van der Waals surface area contributed by atoms with E-state index < -0.39 is 0 Å². The summed E-state index contributed by atoms with van der Waals surface area (Å²) in [6.45, 7) is 1.19. The smallest absolute Gasteiger partial charge is 0.310 e. The molecule has 1 heterocycles. The van der Waals surface area contributed by atoms with E-state index in [0.29, 0.717) is 25.3 Å². The van der Waals surface area contributed by atoms with E-state index in [1.54, 1.807) is 0 Å². The molecule has 0 amide bonds. The second-order valence-corrected chi connectivity index (χ2v) is 7.15. The lowest BCUT2D eigenvalue weighted by Crippen LogP contribution is -2.30. The fourth-order valence-corrected chi connectivity index (χ4v) is 3.07. The van der Waals surface area contributed by atoms with Crippen molar-refractivity contribution in [1.82, 2.24) is 10.5 Å². The Kier molecular flexibility index (Phi) is 6.79. The van der Waals surface area contributed by atoms with Gasteiger partial charge in [-0.15, -0.1) is 0 Å². The molecule has 0 bridgehead atoms. The van der Waals surface area contributed by atoms with Gasteiger partial charge in [-0.1, -0.05) is 63.6 Å². The predicted molar refractivity (Wildman–Crippen MR) is 107 cm³/mol. The van der Waals surface area contributed by atoms with Crippen LogP contribution in [0, 0.1) is 5.92 Å². The molecular formula is C21H21BrN2O3. The molecule has 1 N–H and O–H groups in total. The standard InChI is InChI=1S/C21H21BrN2O3/c1-26-21(25)17(14-23-13-15-5-3-2-4-6-15)11-19-12-20(27-24-19)16-7-9-18(22)10-8-16/h2-10,12,17,23H,11,13-14H2,1H3. The molecule has 1 aromatic heterocycles. The first-order chi connectivity index (χ1) is 13.2. The summed E-state index contributed by atoms with van der Waals surface area (Å²) in [6, 6.07) is 19.7. The van der Waals surface area contributed by atoms with Crippen molar-refractivity contribution in [3.8, 4) is 11.3 Å². The molecule has 2 aromatic carbocycles. The van der Waals surface area contributed by atoms with Gasteiger partial charge in [0.1, 0.15) is 0 Å². The Balaban J connectivity index is 1.62. The van der Waals surface area contributed by atoms with Crippen LogP contribution in [0.2, 0.25) is 0 Å². The fourth-order valence-electron chi connectivity index (χ4n) is 2.80. The number of nitrogens with zero attached hydrogens (tertiary/aromatic N) is 1. The van der Waals surface area contributed by atoms with Crippen LogP contribution in [-0.2, 0) is 22.5 Å². The number of carbonyl (C=O) groups is 1. The first kappa shape index (κ1) is 19.3. The van der Waals surface area contributed by atoms with Crippen LogP contribution < -0.4 is 5.32 Å². The Labute approximate surface area is 166 Å². The van der Waals surface area contributed by atoms with Gasteiger partial charge in [0.25, 0.3) is 0 Å². The van der Waals surface area contributed by atoms with Crippen molar-refractivity contribution in [2.24, 2.45) is 5.92 Å². The second kappa shape index (κ2) is 9.48. The van der Waals surface area contributed by atoms with E-state index in [1.165, 1.54) is 12.7 Å². The van der Waals surface area contributed by atoms with Gasteiger partial charge in [0, 0.05) is 35.6 Å². The molecule has 140 valence electrons. The number of hydrogen-bond donors (Lipinski definition) is 1. The molecule has 27 heavy (non-hydrogen) atoms. The molecule has 3 rings (SSSR count). The Bertz CT molecular complexity index is 863. The monoisotopic (exact) mass is 428 g/mol. The average molecular weight is 429 g/mol. The van der Waals surface area contributed by atoms with Gasteiger partial charge in [0.15, 0.2) is 5.76 Å². The molecule has 3 aromatic rings. The highest BCUT2D eigenvalue weighted by molar-refractivity contribution is 9.10. The molecule has 0 aliphatic heterocycles.